The Kier molecular flexibility index (Phi) is 21.4. The van der Waals surface area contributed by atoms with Crippen LogP contribution >= 0.6 is 37.2 Å². The number of para-hydroxylation sites is 4. The summed E-state index contributed by atoms with van der Waals surface area (Å²) in [6.07, 6.45) is 0. The number of anilines is 4. The van der Waals surface area contributed by atoms with Gasteiger partial charge in [0.05, 0.1) is 0 Å². The Hall–Kier alpha value is -0.202. The summed E-state index contributed by atoms with van der Waals surface area (Å²) in [7, 11) is 41.4. The standard InChI is InChI=1S/C9H21N3.2C8H10BN3.C2H6N.CH3.4ClH.2Ti/c1-10-4-6-11(2)8-9-12(3)7-5-10;2*1-11-7-5-3-4-6-8(7)12(2)9(11)10;1-3-2;;;;;;;/h4-9H2,1-3H3;2*3-6H,1-2H3;1-2H3;1H3;4*1H;;/q;;;2*-1;;;;;2*+2/p-4. The maximum atomic E-state index is 5.84. The van der Waals surface area contributed by atoms with Crippen LogP contribution in [-0.2, 0) is 31.1 Å². The van der Waals surface area contributed by atoms with Crippen molar-refractivity contribution in [3.8, 4) is 0 Å². The number of rotatable bonds is 2. The normalized spacial score (nSPS) is 16.5. The van der Waals surface area contributed by atoms with Gasteiger partial charge in [-0.1, -0.05) is 0 Å². The van der Waals surface area contributed by atoms with Crippen molar-refractivity contribution < 1.29 is 31.1 Å². The van der Waals surface area contributed by atoms with Gasteiger partial charge in [-0.3, -0.25) is 0 Å². The van der Waals surface area contributed by atoms with E-state index in [1.165, 1.54) is 62.0 Å². The van der Waals surface area contributed by atoms with Crippen molar-refractivity contribution in [2.75, 3.05) is 122 Å². The smallest absolute Gasteiger partial charge is 0.0107 e. The second-order valence-electron chi connectivity index (χ2n) is 11.2. The molecule has 1 saturated heterocycles. The number of benzene rings is 2. The SMILES string of the molecule is CN1B([N]=[Ti]([Cl])[Cl])N(C)c2ccccc21.CN1B([N]=[Ti]([Cl])[Cl])N(C)c2ccccc21.CN1CCN(C)CCN(C)CC1.C[N-]C.[CH3-]. The molecular weight excluding hydrogens is 736 g/mol. The van der Waals surface area contributed by atoms with Gasteiger partial charge in [-0.05, 0) is 21.1 Å². The molecule has 0 spiro atoms. The van der Waals surface area contributed by atoms with Crippen molar-refractivity contribution in [1.29, 1.82) is 0 Å². The van der Waals surface area contributed by atoms with Crippen LogP contribution in [0.5, 0.6) is 0 Å². The zero-order valence-corrected chi connectivity index (χ0v) is 35.1. The van der Waals surface area contributed by atoms with Gasteiger partial charge in [0.15, 0.2) is 0 Å². The number of likely N-dealkylation sites (N-methyl/N-ethyl adjacent to an activating group) is 3. The van der Waals surface area contributed by atoms with Gasteiger partial charge in [0.25, 0.3) is 0 Å². The van der Waals surface area contributed by atoms with Gasteiger partial charge in [-0.25, -0.2) is 0 Å². The number of halogens is 4. The summed E-state index contributed by atoms with van der Waals surface area (Å²) in [4.78, 5) is 15.6. The summed E-state index contributed by atoms with van der Waals surface area (Å²) in [5.74, 6) is 0. The topological polar surface area (TPSA) is 61.5 Å². The summed E-state index contributed by atoms with van der Waals surface area (Å²) in [5, 5.41) is 3.50. The van der Waals surface area contributed by atoms with E-state index in [2.05, 4.69) is 91.3 Å². The van der Waals surface area contributed by atoms with Crippen LogP contribution < -0.4 is 19.2 Å². The minimum absolute atomic E-state index is 0. The van der Waals surface area contributed by atoms with Crippen LogP contribution in [-0.4, -0.2) is 132 Å². The molecule has 1 fully saturated rings. The molecule has 46 heavy (non-hydrogen) atoms. The molecule has 3 aliphatic rings. The van der Waals surface area contributed by atoms with Crippen molar-refractivity contribution >= 4 is 74.2 Å². The van der Waals surface area contributed by atoms with Gasteiger partial charge in [0.1, 0.15) is 0 Å². The molecule has 0 saturated carbocycles. The molecule has 18 heteroatoms. The van der Waals surface area contributed by atoms with E-state index >= 15 is 0 Å². The third-order valence-electron chi connectivity index (χ3n) is 7.69. The van der Waals surface area contributed by atoms with Crippen LogP contribution in [0.3, 0.4) is 0 Å². The summed E-state index contributed by atoms with van der Waals surface area (Å²) in [5.41, 5.74) is 4.67. The molecule has 0 N–H and O–H groups in total. The first-order chi connectivity index (χ1) is 21.3. The molecule has 2 aromatic rings. The van der Waals surface area contributed by atoms with E-state index in [1.54, 1.807) is 14.1 Å². The Bertz CT molecular complexity index is 1080. The average molecular weight is 786 g/mol. The van der Waals surface area contributed by atoms with Crippen molar-refractivity contribution in [2.24, 2.45) is 6.66 Å². The van der Waals surface area contributed by atoms with E-state index < -0.39 is 31.1 Å². The number of nitrogens with zero attached hydrogens (tertiary/aromatic N) is 10. The molecule has 3 aliphatic heterocycles. The van der Waals surface area contributed by atoms with Gasteiger partial charge in [-0.15, -0.1) is 0 Å². The molecular formula is C28H50B2Cl4N10Ti2-2. The Morgan fingerprint density at radius 3 is 0.891 bits per heavy atom. The third-order valence-corrected chi connectivity index (χ3v) is 10.6. The largest absolute Gasteiger partial charge is 0.668 e. The molecule has 3 heterocycles. The summed E-state index contributed by atoms with van der Waals surface area (Å²) >= 11 is -4.39. The van der Waals surface area contributed by atoms with Crippen LogP contribution in [0.1, 0.15) is 0 Å². The molecule has 0 aromatic heterocycles. The van der Waals surface area contributed by atoms with E-state index in [0.717, 1.165) is 0 Å². The Morgan fingerprint density at radius 1 is 0.522 bits per heavy atom. The molecule has 256 valence electrons. The van der Waals surface area contributed by atoms with Crippen molar-refractivity contribution in [3.05, 3.63) is 61.3 Å². The first-order valence-electron chi connectivity index (χ1n) is 14.7. The fourth-order valence-corrected chi connectivity index (χ4v) is 8.09. The number of hydrogen-bond donors (Lipinski definition) is 0. The van der Waals surface area contributed by atoms with Gasteiger partial charge >= 0.3 is 208 Å². The van der Waals surface area contributed by atoms with Crippen LogP contribution in [0.25, 0.3) is 5.32 Å². The molecule has 0 amide bonds. The molecule has 10 nitrogen and oxygen atoms in total. The van der Waals surface area contributed by atoms with E-state index in [9.17, 15) is 0 Å². The first kappa shape index (κ1) is 43.8. The second-order valence-corrected chi connectivity index (χ2v) is 21.0. The Balaban J connectivity index is 0.000000329. The Labute approximate surface area is 307 Å². The molecule has 2 aromatic carbocycles. The molecule has 0 aliphatic carbocycles. The van der Waals surface area contributed by atoms with Crippen LogP contribution in [0.4, 0.5) is 22.7 Å². The van der Waals surface area contributed by atoms with Crippen molar-refractivity contribution in [2.45, 2.75) is 0 Å². The minimum atomic E-state index is -2.19. The predicted molar refractivity (Wildman–Crippen MR) is 200 cm³/mol. The molecule has 0 unspecified atom stereocenters. The van der Waals surface area contributed by atoms with Gasteiger partial charge in [0.2, 0.25) is 0 Å². The number of fused-ring (bicyclic) bond motifs is 2. The average Bonchev–Trinajstić information content (AvgIpc) is 3.41. The molecule has 0 radical (unpaired) electrons. The number of hydrogen-bond acceptors (Lipinski definition) is 9. The van der Waals surface area contributed by atoms with Crippen molar-refractivity contribution in [1.82, 2.24) is 14.7 Å². The van der Waals surface area contributed by atoms with Crippen LogP contribution in [0.2, 0.25) is 0 Å². The van der Waals surface area contributed by atoms with Gasteiger partial charge in [-0.2, -0.15) is 14.1 Å². The van der Waals surface area contributed by atoms with E-state index in [0.29, 0.717) is 0 Å². The molecule has 5 rings (SSSR count). The predicted octanol–water partition coefficient (Wildman–Crippen LogP) is 6.20. The Morgan fingerprint density at radius 2 is 0.717 bits per heavy atom. The molecule has 0 bridgehead atoms. The molecule has 0 atom stereocenters. The summed E-state index contributed by atoms with van der Waals surface area (Å²) < 4.78 is 8.81. The van der Waals surface area contributed by atoms with E-state index in [4.69, 9.17) is 37.2 Å². The summed E-state index contributed by atoms with van der Waals surface area (Å²) in [6.45, 7) is 7.19. The van der Waals surface area contributed by atoms with E-state index in [1.807, 2.05) is 52.5 Å². The first-order valence-corrected chi connectivity index (χ1v) is 24.7. The van der Waals surface area contributed by atoms with Gasteiger partial charge in [0, 0.05) is 39.3 Å². The fraction of sp³-hybridized carbons (Fsp3) is 0.536. The second kappa shape index (κ2) is 22.5. The fourth-order valence-electron chi connectivity index (χ4n) is 5.02. The monoisotopic (exact) mass is 784 g/mol. The summed E-state index contributed by atoms with van der Waals surface area (Å²) in [6, 6.07) is 16.4. The zero-order chi connectivity index (χ0) is 33.7. The van der Waals surface area contributed by atoms with Gasteiger partial charge < -0.3 is 27.4 Å². The third kappa shape index (κ3) is 13.6. The quantitative estimate of drug-likeness (QED) is 0.266. The maximum absolute atomic E-state index is 5.84. The van der Waals surface area contributed by atoms with Crippen LogP contribution in [0.15, 0.2) is 55.2 Å². The minimum Gasteiger partial charge on any atom is -0.668 e. The maximum Gasteiger partial charge on any atom is 0.0107 e. The zero-order valence-electron chi connectivity index (χ0n) is 29.0. The van der Waals surface area contributed by atoms with Crippen molar-refractivity contribution in [3.63, 3.8) is 0 Å². The van der Waals surface area contributed by atoms with E-state index in [-0.39, 0.29) is 21.7 Å². The van der Waals surface area contributed by atoms with Crippen LogP contribution in [0, 0.1) is 7.43 Å².